The average Bonchev–Trinajstić information content (AvgIpc) is 3.38. The summed E-state index contributed by atoms with van der Waals surface area (Å²) in [6.45, 7) is 7.30. The van der Waals surface area contributed by atoms with Gasteiger partial charge in [-0.2, -0.15) is 0 Å². The minimum Gasteiger partial charge on any atom is -0.492 e. The number of carbonyl (C=O) groups excluding carboxylic acids is 2. The number of nitrogens with zero attached hydrogens (tertiary/aromatic N) is 1. The minimum atomic E-state index is -0.578. The number of benzene rings is 5. The third-order valence-electron chi connectivity index (χ3n) is 12.5. The molecule has 0 heterocycles. The van der Waals surface area contributed by atoms with Crippen LogP contribution in [-0.4, -0.2) is 30.1 Å². The van der Waals surface area contributed by atoms with Crippen LogP contribution in [0.5, 0.6) is 23.0 Å². The average molecular weight is 985 g/mol. The molecule has 10 heteroatoms. The van der Waals surface area contributed by atoms with Crippen LogP contribution in [0.15, 0.2) is 103 Å². The molecule has 0 radical (unpaired) electrons. The topological polar surface area (TPSA) is 114 Å². The molecule has 5 rings (SSSR count). The zero-order chi connectivity index (χ0) is 50.5. The Morgan fingerprint density at radius 2 is 0.845 bits per heavy atom. The largest absolute Gasteiger partial charge is 0.492 e. The quantitative estimate of drug-likeness (QED) is 0.0102. The van der Waals surface area contributed by atoms with Gasteiger partial charge in [0.2, 0.25) is 0 Å². The van der Waals surface area contributed by atoms with Crippen LogP contribution < -0.4 is 18.9 Å². The van der Waals surface area contributed by atoms with E-state index in [4.69, 9.17) is 30.5 Å². The summed E-state index contributed by atoms with van der Waals surface area (Å²) in [7, 11) is 0. The van der Waals surface area contributed by atoms with E-state index in [1.165, 1.54) is 109 Å². The van der Waals surface area contributed by atoms with Gasteiger partial charge in [0.05, 0.1) is 34.3 Å². The maximum Gasteiger partial charge on any atom is 0.343 e. The lowest BCUT2D eigenvalue weighted by atomic mass is 10.1. The molecule has 0 unspecified atom stereocenters. The molecule has 0 aliphatic carbocycles. The summed E-state index contributed by atoms with van der Waals surface area (Å²) in [6, 6.07) is 29.6. The Morgan fingerprint density at radius 1 is 0.479 bits per heavy atom. The highest BCUT2D eigenvalue weighted by Crippen LogP contribution is 2.31. The molecule has 0 spiro atoms. The summed E-state index contributed by atoms with van der Waals surface area (Å²) in [5.74, 6) is 0.362. The van der Waals surface area contributed by atoms with Crippen molar-refractivity contribution in [2.24, 2.45) is 0 Å². The molecule has 0 amide bonds. The number of esters is 2. The number of hydrogen-bond acceptors (Lipinski definition) is 8. The van der Waals surface area contributed by atoms with Gasteiger partial charge in [0.25, 0.3) is 0 Å². The van der Waals surface area contributed by atoms with Gasteiger partial charge in [-0.05, 0) is 96.6 Å². The Labute approximate surface area is 427 Å². The monoisotopic (exact) mass is 984 g/mol. The smallest absolute Gasteiger partial charge is 0.343 e. The summed E-state index contributed by atoms with van der Waals surface area (Å²) >= 11 is 6.56. The van der Waals surface area contributed by atoms with E-state index in [0.717, 1.165) is 42.4 Å². The Bertz CT molecular complexity index is 2460. The number of nitro benzene ring substituents is 1. The number of unbranched alkanes of at least 4 members (excludes halogenated alkanes) is 18. The molecule has 5 aromatic rings. The van der Waals surface area contributed by atoms with Crippen LogP contribution in [-0.2, 0) is 0 Å². The Kier molecular flexibility index (Phi) is 25.1. The fourth-order valence-corrected chi connectivity index (χ4v) is 8.41. The number of hydrogen-bond donors (Lipinski definition) is 0. The summed E-state index contributed by atoms with van der Waals surface area (Å²) in [5, 5.41) is 12.5. The first kappa shape index (κ1) is 55.7. The fraction of sp³-hybridized carbons (Fsp3) is 0.410. The second kappa shape index (κ2) is 31.9. The van der Waals surface area contributed by atoms with Crippen molar-refractivity contribution in [3.8, 4) is 23.0 Å². The van der Waals surface area contributed by atoms with Crippen LogP contribution in [0.4, 0.5) is 5.69 Å². The van der Waals surface area contributed by atoms with Gasteiger partial charge in [0.15, 0.2) is 5.75 Å². The molecule has 0 saturated heterocycles. The molecule has 71 heavy (non-hydrogen) atoms. The van der Waals surface area contributed by atoms with E-state index in [9.17, 15) is 19.7 Å². The second-order valence-electron chi connectivity index (χ2n) is 18.3. The predicted molar refractivity (Wildman–Crippen MR) is 291 cm³/mol. The first-order chi connectivity index (χ1) is 34.6. The highest BCUT2D eigenvalue weighted by molar-refractivity contribution is 6.32. The molecule has 0 aromatic heterocycles. The molecule has 378 valence electrons. The first-order valence-corrected chi connectivity index (χ1v) is 26.5. The van der Waals surface area contributed by atoms with Crippen LogP contribution in [0.2, 0.25) is 5.02 Å². The molecule has 0 N–H and O–H groups in total. The molecule has 0 aliphatic rings. The van der Waals surface area contributed by atoms with E-state index < -0.39 is 16.9 Å². The standard InChI is InChI=1S/C61H74ClNO8/c1-4-6-8-10-12-14-16-18-20-22-43-68-58-41-35-50(45-54(58)62)29-27-48-31-37-52(38-32-48)60(64)70-56-25-24-26-57(47(56)3)71-61(65)53-39-33-49(34-40-53)28-30-51-36-42-59(55(46-51)63(66)67)69-44-23-21-19-17-15-13-11-9-7-5-2/h24-42,45-46H,4-23,43-44H2,1-3H3/b29-27+,30-28+. The normalized spacial score (nSPS) is 11.3. The van der Waals surface area contributed by atoms with Gasteiger partial charge in [0.1, 0.15) is 17.2 Å². The summed E-state index contributed by atoms with van der Waals surface area (Å²) < 4.78 is 23.3. The van der Waals surface area contributed by atoms with Crippen LogP contribution in [0.25, 0.3) is 24.3 Å². The van der Waals surface area contributed by atoms with Crippen LogP contribution in [0.3, 0.4) is 0 Å². The summed E-state index contributed by atoms with van der Waals surface area (Å²) in [5.41, 5.74) is 4.36. The van der Waals surface area contributed by atoms with Gasteiger partial charge in [-0.1, -0.05) is 208 Å². The third-order valence-corrected chi connectivity index (χ3v) is 12.8. The van der Waals surface area contributed by atoms with Gasteiger partial charge in [0, 0.05) is 11.6 Å². The van der Waals surface area contributed by atoms with Gasteiger partial charge >= 0.3 is 17.6 Å². The van der Waals surface area contributed by atoms with Crippen LogP contribution in [0.1, 0.15) is 191 Å². The van der Waals surface area contributed by atoms with Crippen molar-refractivity contribution in [3.05, 3.63) is 157 Å². The maximum absolute atomic E-state index is 13.2. The van der Waals surface area contributed by atoms with Crippen LogP contribution in [0, 0.1) is 17.0 Å². The Morgan fingerprint density at radius 3 is 1.27 bits per heavy atom. The van der Waals surface area contributed by atoms with Crippen molar-refractivity contribution in [3.63, 3.8) is 0 Å². The van der Waals surface area contributed by atoms with E-state index in [1.54, 1.807) is 79.7 Å². The van der Waals surface area contributed by atoms with Gasteiger partial charge in [-0.15, -0.1) is 0 Å². The molecule has 0 bridgehead atoms. The highest BCUT2D eigenvalue weighted by Gasteiger charge is 2.18. The Balaban J connectivity index is 1.04. The number of nitro groups is 1. The molecular weight excluding hydrogens is 910 g/mol. The molecule has 0 atom stereocenters. The van der Waals surface area contributed by atoms with Crippen molar-refractivity contribution in [1.82, 2.24) is 0 Å². The number of halogens is 1. The first-order valence-electron chi connectivity index (χ1n) is 26.1. The molecule has 0 fully saturated rings. The summed E-state index contributed by atoms with van der Waals surface area (Å²) in [4.78, 5) is 37.9. The molecule has 0 saturated carbocycles. The van der Waals surface area contributed by atoms with Crippen molar-refractivity contribution >= 4 is 53.5 Å². The fourth-order valence-electron chi connectivity index (χ4n) is 8.16. The lowest BCUT2D eigenvalue weighted by Gasteiger charge is -2.12. The van der Waals surface area contributed by atoms with E-state index in [2.05, 4.69) is 13.8 Å². The van der Waals surface area contributed by atoms with Crippen molar-refractivity contribution in [2.45, 2.75) is 149 Å². The molecular formula is C61H74ClNO8. The van der Waals surface area contributed by atoms with E-state index in [0.29, 0.717) is 46.2 Å². The predicted octanol–water partition coefficient (Wildman–Crippen LogP) is 17.9. The molecule has 9 nitrogen and oxygen atoms in total. The number of carbonyl (C=O) groups is 2. The molecule has 0 aliphatic heterocycles. The van der Waals surface area contributed by atoms with E-state index >= 15 is 0 Å². The summed E-state index contributed by atoms with van der Waals surface area (Å²) in [6.07, 6.45) is 32.3. The minimum absolute atomic E-state index is 0.0750. The van der Waals surface area contributed by atoms with Gasteiger partial charge in [-0.25, -0.2) is 9.59 Å². The SMILES string of the molecule is CCCCCCCCCCCCOc1ccc(/C=C/c2ccc(C(=O)Oc3cccc(OC(=O)c4ccc(/C=C/c5ccc(OCCCCCCCCCCCC)c([N+](=O)[O-])c5)cc4)c3C)cc2)cc1Cl. The van der Waals surface area contributed by atoms with E-state index in [1.807, 2.05) is 48.6 Å². The zero-order valence-electron chi connectivity index (χ0n) is 42.3. The number of ether oxygens (including phenoxy) is 4. The van der Waals surface area contributed by atoms with Crippen molar-refractivity contribution in [1.29, 1.82) is 0 Å². The van der Waals surface area contributed by atoms with E-state index in [-0.39, 0.29) is 22.9 Å². The number of rotatable bonds is 33. The zero-order valence-corrected chi connectivity index (χ0v) is 43.0. The maximum atomic E-state index is 13.2. The third kappa shape index (κ3) is 20.2. The lowest BCUT2D eigenvalue weighted by Crippen LogP contribution is -2.12. The Hall–Kier alpha value is -6.19. The van der Waals surface area contributed by atoms with Gasteiger partial charge in [-0.3, -0.25) is 10.1 Å². The second-order valence-corrected chi connectivity index (χ2v) is 18.7. The molecule has 5 aromatic carbocycles. The van der Waals surface area contributed by atoms with Gasteiger partial charge < -0.3 is 18.9 Å². The lowest BCUT2D eigenvalue weighted by molar-refractivity contribution is -0.385. The van der Waals surface area contributed by atoms with Crippen LogP contribution >= 0.6 is 11.6 Å². The van der Waals surface area contributed by atoms with Crippen molar-refractivity contribution in [2.75, 3.05) is 13.2 Å². The van der Waals surface area contributed by atoms with Crippen molar-refractivity contribution < 1.29 is 33.5 Å². The highest BCUT2D eigenvalue weighted by atomic mass is 35.5.